The zero-order valence-electron chi connectivity index (χ0n) is 10.6. The molecule has 106 valence electrons. The summed E-state index contributed by atoms with van der Waals surface area (Å²) in [6.07, 6.45) is 4.69. The van der Waals surface area contributed by atoms with Crippen LogP contribution in [0, 0.1) is 5.92 Å². The Balaban J connectivity index is 1.90. The summed E-state index contributed by atoms with van der Waals surface area (Å²) in [5.41, 5.74) is 0. The molecule has 0 unspecified atom stereocenters. The molecule has 1 aromatic rings. The van der Waals surface area contributed by atoms with Gasteiger partial charge in [-0.2, -0.15) is 8.42 Å². The van der Waals surface area contributed by atoms with Crippen LogP contribution in [-0.2, 0) is 14.3 Å². The zero-order chi connectivity index (χ0) is 13.9. The van der Waals surface area contributed by atoms with Gasteiger partial charge in [-0.3, -0.25) is 4.18 Å². The molecule has 0 aromatic carbocycles. The monoisotopic (exact) mass is 305 g/mol. The van der Waals surface area contributed by atoms with Gasteiger partial charge in [-0.25, -0.2) is 9.97 Å². The number of rotatable bonds is 4. The molecular weight excluding hydrogens is 290 g/mol. The van der Waals surface area contributed by atoms with Crippen molar-refractivity contribution in [3.8, 4) is 0 Å². The minimum Gasteiger partial charge on any atom is -0.341 e. The lowest BCUT2D eigenvalue weighted by Crippen LogP contribution is -2.37. The first-order valence-corrected chi connectivity index (χ1v) is 7.96. The Labute approximate surface area is 117 Å². The van der Waals surface area contributed by atoms with E-state index in [1.54, 1.807) is 12.4 Å². The molecule has 0 aliphatic carbocycles. The third-order valence-corrected chi connectivity index (χ3v) is 4.78. The van der Waals surface area contributed by atoms with Crippen LogP contribution in [0.15, 0.2) is 12.4 Å². The van der Waals surface area contributed by atoms with Gasteiger partial charge < -0.3 is 4.90 Å². The largest absolute Gasteiger partial charge is 0.341 e. The standard InChI is InChI=1S/C11H16ClN3O3S/c1-18-19(16,17)8-9-2-4-15(5-3-9)11-13-6-10(12)7-14-11/h6-7,9H,2-5,8H2,1H3. The van der Waals surface area contributed by atoms with Crippen LogP contribution in [0.2, 0.25) is 5.02 Å². The highest BCUT2D eigenvalue weighted by molar-refractivity contribution is 7.86. The van der Waals surface area contributed by atoms with Crippen LogP contribution < -0.4 is 4.90 Å². The first-order valence-electron chi connectivity index (χ1n) is 6.01. The van der Waals surface area contributed by atoms with Crippen molar-refractivity contribution < 1.29 is 12.6 Å². The maximum Gasteiger partial charge on any atom is 0.267 e. The summed E-state index contributed by atoms with van der Waals surface area (Å²) in [4.78, 5) is 10.3. The van der Waals surface area contributed by atoms with Crippen molar-refractivity contribution in [1.29, 1.82) is 0 Å². The lowest BCUT2D eigenvalue weighted by molar-refractivity contribution is 0.372. The smallest absolute Gasteiger partial charge is 0.267 e. The fourth-order valence-electron chi connectivity index (χ4n) is 2.13. The summed E-state index contributed by atoms with van der Waals surface area (Å²) < 4.78 is 27.2. The van der Waals surface area contributed by atoms with Crippen molar-refractivity contribution in [2.24, 2.45) is 5.92 Å². The molecule has 0 radical (unpaired) electrons. The number of halogens is 1. The second kappa shape index (κ2) is 6.02. The Hall–Kier alpha value is -0.920. The van der Waals surface area contributed by atoms with Gasteiger partial charge in [0.15, 0.2) is 0 Å². The highest BCUT2D eigenvalue weighted by atomic mass is 35.5. The molecule has 0 spiro atoms. The summed E-state index contributed by atoms with van der Waals surface area (Å²) in [5.74, 6) is 0.852. The van der Waals surface area contributed by atoms with Crippen LogP contribution in [0.4, 0.5) is 5.95 Å². The second-order valence-electron chi connectivity index (χ2n) is 4.52. The lowest BCUT2D eigenvalue weighted by atomic mass is 9.99. The summed E-state index contributed by atoms with van der Waals surface area (Å²) >= 11 is 5.74. The maximum atomic E-state index is 11.4. The Kier molecular flexibility index (Phi) is 4.59. The van der Waals surface area contributed by atoms with Gasteiger partial charge in [0.25, 0.3) is 10.1 Å². The molecule has 8 heteroatoms. The molecule has 19 heavy (non-hydrogen) atoms. The Bertz CT molecular complexity index is 512. The highest BCUT2D eigenvalue weighted by Gasteiger charge is 2.25. The SMILES string of the molecule is COS(=O)(=O)CC1CCN(c2ncc(Cl)cn2)CC1. The number of piperidine rings is 1. The van der Waals surface area contributed by atoms with Crippen LogP contribution in [0.25, 0.3) is 0 Å². The minimum absolute atomic E-state index is 0.0822. The van der Waals surface area contributed by atoms with Crippen molar-refractivity contribution in [3.05, 3.63) is 17.4 Å². The predicted octanol–water partition coefficient (Wildman–Crippen LogP) is 1.32. The van der Waals surface area contributed by atoms with Crippen LogP contribution in [0.3, 0.4) is 0 Å². The van der Waals surface area contributed by atoms with Gasteiger partial charge >= 0.3 is 0 Å². The number of anilines is 1. The van der Waals surface area contributed by atoms with Crippen molar-refractivity contribution in [3.63, 3.8) is 0 Å². The van der Waals surface area contributed by atoms with E-state index in [0.717, 1.165) is 25.9 Å². The molecule has 0 N–H and O–H groups in total. The van der Waals surface area contributed by atoms with Crippen molar-refractivity contribution >= 4 is 27.7 Å². The first kappa shape index (κ1) is 14.5. The molecule has 0 amide bonds. The topological polar surface area (TPSA) is 72.4 Å². The van der Waals surface area contributed by atoms with E-state index in [1.807, 2.05) is 4.90 Å². The van der Waals surface area contributed by atoms with Crippen LogP contribution in [0.5, 0.6) is 0 Å². The normalized spacial score (nSPS) is 17.7. The molecule has 6 nitrogen and oxygen atoms in total. The molecule has 0 bridgehead atoms. The first-order chi connectivity index (χ1) is 9.00. The van der Waals surface area contributed by atoms with E-state index in [2.05, 4.69) is 14.2 Å². The van der Waals surface area contributed by atoms with Crippen LogP contribution >= 0.6 is 11.6 Å². The molecule has 0 atom stereocenters. The van der Waals surface area contributed by atoms with E-state index in [0.29, 0.717) is 11.0 Å². The molecule has 0 saturated carbocycles. The van der Waals surface area contributed by atoms with Gasteiger partial charge in [-0.15, -0.1) is 0 Å². The van der Waals surface area contributed by atoms with Gasteiger partial charge in [-0.1, -0.05) is 11.6 Å². The fraction of sp³-hybridized carbons (Fsp3) is 0.636. The van der Waals surface area contributed by atoms with Crippen molar-refractivity contribution in [2.45, 2.75) is 12.8 Å². The summed E-state index contributed by atoms with van der Waals surface area (Å²) in [5, 5.41) is 0.504. The highest BCUT2D eigenvalue weighted by Crippen LogP contribution is 2.22. The molecule has 1 aliphatic heterocycles. The minimum atomic E-state index is -3.37. The van der Waals surface area contributed by atoms with E-state index < -0.39 is 10.1 Å². The molecule has 1 fully saturated rings. The summed E-state index contributed by atoms with van der Waals surface area (Å²) in [6.45, 7) is 1.48. The average Bonchev–Trinajstić information content (AvgIpc) is 2.40. The predicted molar refractivity (Wildman–Crippen MR) is 72.8 cm³/mol. The summed E-state index contributed by atoms with van der Waals surface area (Å²) in [7, 11) is -2.17. The number of nitrogens with zero attached hydrogens (tertiary/aromatic N) is 3. The van der Waals surface area contributed by atoms with Gasteiger partial charge in [-0.05, 0) is 18.8 Å². The van der Waals surface area contributed by atoms with E-state index >= 15 is 0 Å². The molecule has 2 rings (SSSR count). The fourth-order valence-corrected chi connectivity index (χ4v) is 3.27. The third-order valence-electron chi connectivity index (χ3n) is 3.20. The van der Waals surface area contributed by atoms with Crippen molar-refractivity contribution in [1.82, 2.24) is 9.97 Å². The Morgan fingerprint density at radius 1 is 1.37 bits per heavy atom. The molecule has 2 heterocycles. The number of hydrogen-bond donors (Lipinski definition) is 0. The molecule has 1 aliphatic rings. The van der Waals surface area contributed by atoms with E-state index in [1.165, 1.54) is 7.11 Å². The van der Waals surface area contributed by atoms with E-state index in [-0.39, 0.29) is 11.7 Å². The number of aromatic nitrogens is 2. The van der Waals surface area contributed by atoms with Gasteiger partial charge in [0.2, 0.25) is 5.95 Å². The second-order valence-corrected chi connectivity index (χ2v) is 6.74. The molecule has 1 aromatic heterocycles. The quantitative estimate of drug-likeness (QED) is 0.781. The van der Waals surface area contributed by atoms with E-state index in [9.17, 15) is 8.42 Å². The molecule has 1 saturated heterocycles. The number of hydrogen-bond acceptors (Lipinski definition) is 6. The Morgan fingerprint density at radius 3 is 2.47 bits per heavy atom. The molecular formula is C11H16ClN3O3S. The summed E-state index contributed by atoms with van der Waals surface area (Å²) in [6, 6.07) is 0. The van der Waals surface area contributed by atoms with Gasteiger partial charge in [0, 0.05) is 13.1 Å². The van der Waals surface area contributed by atoms with Crippen LogP contribution in [-0.4, -0.2) is 44.3 Å². The van der Waals surface area contributed by atoms with Crippen molar-refractivity contribution in [2.75, 3.05) is 30.9 Å². The Morgan fingerprint density at radius 2 is 1.95 bits per heavy atom. The maximum absolute atomic E-state index is 11.4. The van der Waals surface area contributed by atoms with Gasteiger partial charge in [0.05, 0.1) is 30.3 Å². The van der Waals surface area contributed by atoms with E-state index in [4.69, 9.17) is 11.6 Å². The average molecular weight is 306 g/mol. The third kappa shape index (κ3) is 4.02. The van der Waals surface area contributed by atoms with Gasteiger partial charge in [0.1, 0.15) is 0 Å². The lowest BCUT2D eigenvalue weighted by Gasteiger charge is -2.31. The zero-order valence-corrected chi connectivity index (χ0v) is 12.2. The van der Waals surface area contributed by atoms with Crippen LogP contribution in [0.1, 0.15) is 12.8 Å².